The first-order valence-corrected chi connectivity index (χ1v) is 9.19. The van der Waals surface area contributed by atoms with Gasteiger partial charge in [-0.05, 0) is 33.6 Å². The molecule has 0 saturated carbocycles. The average molecular weight is 378 g/mol. The second-order valence-corrected chi connectivity index (χ2v) is 8.12. The van der Waals surface area contributed by atoms with Crippen LogP contribution in [-0.4, -0.2) is 63.0 Å². The van der Waals surface area contributed by atoms with Gasteiger partial charge in [-0.2, -0.15) is 5.10 Å². The van der Waals surface area contributed by atoms with E-state index in [1.807, 2.05) is 25.5 Å². The molecule has 2 aliphatic heterocycles. The van der Waals surface area contributed by atoms with Gasteiger partial charge in [-0.15, -0.1) is 0 Å². The van der Waals surface area contributed by atoms with E-state index < -0.39 is 17.5 Å². The summed E-state index contributed by atoms with van der Waals surface area (Å²) in [6.45, 7) is 6.88. The molecule has 0 aromatic carbocycles. The van der Waals surface area contributed by atoms with Crippen LogP contribution >= 0.6 is 0 Å². The number of rotatable bonds is 3. The lowest BCUT2D eigenvalue weighted by molar-refractivity contribution is -0.141. The van der Waals surface area contributed by atoms with E-state index >= 15 is 0 Å². The first-order valence-electron chi connectivity index (χ1n) is 9.19. The topological polar surface area (TPSA) is 105 Å². The van der Waals surface area contributed by atoms with Crippen LogP contribution in [-0.2, 0) is 14.3 Å². The van der Waals surface area contributed by atoms with Gasteiger partial charge < -0.3 is 19.6 Å². The second kappa shape index (κ2) is 7.21. The first kappa shape index (κ1) is 19.2. The third kappa shape index (κ3) is 4.40. The highest BCUT2D eigenvalue weighted by Gasteiger charge is 2.36. The van der Waals surface area contributed by atoms with Gasteiger partial charge in [0.05, 0.1) is 23.8 Å². The van der Waals surface area contributed by atoms with Gasteiger partial charge in [0.15, 0.2) is 0 Å². The molecule has 2 amide bonds. The SMILES string of the molecule is CC(C)(C)OC(=O)N1CCC(n2cc(N3CC(C(=O)O)CC3=O)cn2)CC1. The summed E-state index contributed by atoms with van der Waals surface area (Å²) in [6.07, 6.45) is 4.59. The number of likely N-dealkylation sites (tertiary alicyclic amines) is 1. The van der Waals surface area contributed by atoms with Crippen LogP contribution in [0.3, 0.4) is 0 Å². The van der Waals surface area contributed by atoms with E-state index in [1.165, 1.54) is 4.90 Å². The van der Waals surface area contributed by atoms with Crippen molar-refractivity contribution >= 4 is 23.7 Å². The number of carbonyl (C=O) groups excluding carboxylic acids is 2. The minimum Gasteiger partial charge on any atom is -0.481 e. The molecule has 9 heteroatoms. The Hall–Kier alpha value is -2.58. The number of aliphatic carboxylic acids is 1. The number of carbonyl (C=O) groups is 3. The Morgan fingerprint density at radius 1 is 1.26 bits per heavy atom. The summed E-state index contributed by atoms with van der Waals surface area (Å²) in [5.74, 6) is -1.81. The van der Waals surface area contributed by atoms with Gasteiger partial charge in [0.25, 0.3) is 0 Å². The molecule has 1 unspecified atom stereocenters. The summed E-state index contributed by atoms with van der Waals surface area (Å²) in [6, 6.07) is 0.130. The number of ether oxygens (including phenoxy) is 1. The molecule has 1 N–H and O–H groups in total. The molecule has 3 rings (SSSR count). The van der Waals surface area contributed by atoms with Crippen LogP contribution in [0.1, 0.15) is 46.1 Å². The van der Waals surface area contributed by atoms with E-state index in [0.29, 0.717) is 18.8 Å². The highest BCUT2D eigenvalue weighted by molar-refractivity contribution is 5.99. The van der Waals surface area contributed by atoms with Gasteiger partial charge in [0, 0.05) is 32.3 Å². The highest BCUT2D eigenvalue weighted by Crippen LogP contribution is 2.28. The average Bonchev–Trinajstić information content (AvgIpc) is 3.20. The van der Waals surface area contributed by atoms with Gasteiger partial charge in [-0.25, -0.2) is 4.79 Å². The van der Waals surface area contributed by atoms with Gasteiger partial charge in [-0.3, -0.25) is 14.3 Å². The van der Waals surface area contributed by atoms with Crippen molar-refractivity contribution in [1.82, 2.24) is 14.7 Å². The second-order valence-electron chi connectivity index (χ2n) is 8.12. The van der Waals surface area contributed by atoms with Crippen LogP contribution in [0, 0.1) is 5.92 Å². The van der Waals surface area contributed by atoms with E-state index in [0.717, 1.165) is 12.8 Å². The molecule has 0 bridgehead atoms. The van der Waals surface area contributed by atoms with E-state index in [1.54, 1.807) is 17.3 Å². The van der Waals surface area contributed by atoms with Crippen LogP contribution < -0.4 is 4.90 Å². The molecule has 1 atom stereocenters. The molecule has 1 aromatic rings. The Morgan fingerprint density at radius 2 is 1.93 bits per heavy atom. The quantitative estimate of drug-likeness (QED) is 0.861. The van der Waals surface area contributed by atoms with E-state index in [-0.39, 0.29) is 31.0 Å². The highest BCUT2D eigenvalue weighted by atomic mass is 16.6. The predicted molar refractivity (Wildman–Crippen MR) is 96.4 cm³/mol. The maximum atomic E-state index is 12.1. The number of amides is 2. The van der Waals surface area contributed by atoms with Crippen molar-refractivity contribution in [3.8, 4) is 0 Å². The molecule has 2 aliphatic rings. The van der Waals surface area contributed by atoms with Crippen LogP contribution in [0.25, 0.3) is 0 Å². The number of hydrogen-bond donors (Lipinski definition) is 1. The van der Waals surface area contributed by atoms with E-state index in [9.17, 15) is 14.4 Å². The van der Waals surface area contributed by atoms with E-state index in [2.05, 4.69) is 5.10 Å². The number of piperidine rings is 1. The Labute approximate surface area is 157 Å². The molecule has 0 aliphatic carbocycles. The Balaban J connectivity index is 1.58. The van der Waals surface area contributed by atoms with Crippen LogP contribution in [0.2, 0.25) is 0 Å². The molecule has 1 aromatic heterocycles. The zero-order valence-corrected chi connectivity index (χ0v) is 15.9. The summed E-state index contributed by atoms with van der Waals surface area (Å²) in [4.78, 5) is 38.5. The number of hydrogen-bond acceptors (Lipinski definition) is 5. The van der Waals surface area contributed by atoms with E-state index in [4.69, 9.17) is 9.84 Å². The summed E-state index contributed by atoms with van der Waals surface area (Å²) in [5, 5.41) is 13.5. The molecular weight excluding hydrogens is 352 g/mol. The fourth-order valence-corrected chi connectivity index (χ4v) is 3.43. The lowest BCUT2D eigenvalue weighted by Gasteiger charge is -2.33. The fraction of sp³-hybridized carbons (Fsp3) is 0.667. The fourth-order valence-electron chi connectivity index (χ4n) is 3.43. The largest absolute Gasteiger partial charge is 0.481 e. The van der Waals surface area contributed by atoms with Crippen molar-refractivity contribution in [2.75, 3.05) is 24.5 Å². The van der Waals surface area contributed by atoms with Gasteiger partial charge in [0.1, 0.15) is 5.60 Å². The zero-order chi connectivity index (χ0) is 19.8. The van der Waals surface area contributed by atoms with Crippen molar-refractivity contribution in [3.05, 3.63) is 12.4 Å². The number of nitrogens with zero attached hydrogens (tertiary/aromatic N) is 4. The zero-order valence-electron chi connectivity index (χ0n) is 15.9. The van der Waals surface area contributed by atoms with Crippen molar-refractivity contribution in [1.29, 1.82) is 0 Å². The van der Waals surface area contributed by atoms with Crippen molar-refractivity contribution in [2.24, 2.45) is 5.92 Å². The summed E-state index contributed by atoms with van der Waals surface area (Å²) in [5.41, 5.74) is 0.110. The maximum absolute atomic E-state index is 12.1. The summed E-state index contributed by atoms with van der Waals surface area (Å²) in [7, 11) is 0. The van der Waals surface area contributed by atoms with Crippen LogP contribution in [0.4, 0.5) is 10.5 Å². The number of aromatic nitrogens is 2. The monoisotopic (exact) mass is 378 g/mol. The van der Waals surface area contributed by atoms with Crippen molar-refractivity contribution < 1.29 is 24.2 Å². The van der Waals surface area contributed by atoms with Gasteiger partial charge >= 0.3 is 12.1 Å². The number of carboxylic acids is 1. The molecule has 2 fully saturated rings. The predicted octanol–water partition coefficient (Wildman–Crippen LogP) is 1.89. The third-order valence-corrected chi connectivity index (χ3v) is 4.86. The molecule has 27 heavy (non-hydrogen) atoms. The van der Waals surface area contributed by atoms with Gasteiger partial charge in [0.2, 0.25) is 5.91 Å². The molecular formula is C18H26N4O5. The molecule has 9 nitrogen and oxygen atoms in total. The minimum absolute atomic E-state index is 0.0226. The lowest BCUT2D eigenvalue weighted by atomic mass is 10.1. The maximum Gasteiger partial charge on any atom is 0.410 e. The molecule has 0 radical (unpaired) electrons. The van der Waals surface area contributed by atoms with Crippen molar-refractivity contribution in [2.45, 2.75) is 51.7 Å². The number of anilines is 1. The molecule has 2 saturated heterocycles. The normalized spacial score (nSPS) is 21.6. The minimum atomic E-state index is -0.951. The Kier molecular flexibility index (Phi) is 5.12. The van der Waals surface area contributed by atoms with Gasteiger partial charge in [-0.1, -0.05) is 0 Å². The summed E-state index contributed by atoms with van der Waals surface area (Å²) >= 11 is 0. The number of carboxylic acid groups (broad SMARTS) is 1. The van der Waals surface area contributed by atoms with Crippen LogP contribution in [0.15, 0.2) is 12.4 Å². The van der Waals surface area contributed by atoms with Crippen LogP contribution in [0.5, 0.6) is 0 Å². The molecule has 0 spiro atoms. The first-order chi connectivity index (χ1) is 12.6. The molecule has 3 heterocycles. The lowest BCUT2D eigenvalue weighted by Crippen LogP contribution is -2.42. The smallest absolute Gasteiger partial charge is 0.410 e. The third-order valence-electron chi connectivity index (χ3n) is 4.86. The Bertz CT molecular complexity index is 730. The Morgan fingerprint density at radius 3 is 2.48 bits per heavy atom. The standard InChI is InChI=1S/C18H26N4O5/c1-18(2,3)27-17(26)20-6-4-13(5-7-20)22-11-14(9-19-22)21-10-12(16(24)25)8-15(21)23/h9,11-13H,4-8,10H2,1-3H3,(H,24,25). The molecule has 148 valence electrons. The van der Waals surface area contributed by atoms with Crippen molar-refractivity contribution in [3.63, 3.8) is 0 Å². The summed E-state index contributed by atoms with van der Waals surface area (Å²) < 4.78 is 7.21.